The third-order valence-corrected chi connectivity index (χ3v) is 2.19. The minimum Gasteiger partial charge on any atom is -0.298 e. The fourth-order valence-corrected chi connectivity index (χ4v) is 1.52. The zero-order valence-corrected chi connectivity index (χ0v) is 8.50. The maximum atomic E-state index is 10.8. The van der Waals surface area contributed by atoms with Gasteiger partial charge in [-0.1, -0.05) is 32.0 Å². The summed E-state index contributed by atoms with van der Waals surface area (Å²) in [7, 11) is 0. The lowest BCUT2D eigenvalue weighted by Crippen LogP contribution is -2.01. The monoisotopic (exact) mass is 176 g/mol. The summed E-state index contributed by atoms with van der Waals surface area (Å²) in [6.45, 7) is 6.40. The summed E-state index contributed by atoms with van der Waals surface area (Å²) >= 11 is 0. The first kappa shape index (κ1) is 9.97. The summed E-state index contributed by atoms with van der Waals surface area (Å²) in [6.07, 6.45) is 1.94. The van der Waals surface area contributed by atoms with E-state index in [1.807, 2.05) is 12.1 Å². The molecule has 0 aromatic heterocycles. The highest BCUT2D eigenvalue weighted by Crippen LogP contribution is 2.16. The Morgan fingerprint density at radius 3 is 2.62 bits per heavy atom. The lowest BCUT2D eigenvalue weighted by atomic mass is 9.94. The van der Waals surface area contributed by atoms with Crippen molar-refractivity contribution in [1.29, 1.82) is 0 Å². The molecule has 0 aliphatic carbocycles. The maximum absolute atomic E-state index is 10.8. The van der Waals surface area contributed by atoms with Gasteiger partial charge in [0.1, 0.15) is 6.29 Å². The van der Waals surface area contributed by atoms with E-state index in [2.05, 4.69) is 26.8 Å². The van der Waals surface area contributed by atoms with E-state index in [1.54, 1.807) is 0 Å². The number of carbonyl (C=O) groups excluding carboxylic acids is 1. The molecule has 0 fully saturated rings. The van der Waals surface area contributed by atoms with Gasteiger partial charge < -0.3 is 0 Å². The zero-order valence-electron chi connectivity index (χ0n) is 8.50. The lowest BCUT2D eigenvalue weighted by Gasteiger charge is -2.10. The molecule has 0 atom stereocenters. The Bertz CT molecular complexity index is 300. The van der Waals surface area contributed by atoms with Crippen LogP contribution in [0.2, 0.25) is 0 Å². The van der Waals surface area contributed by atoms with Gasteiger partial charge in [-0.3, -0.25) is 4.79 Å². The number of benzene rings is 1. The largest absolute Gasteiger partial charge is 0.298 e. The Hall–Kier alpha value is -1.11. The Morgan fingerprint density at radius 2 is 2.08 bits per heavy atom. The number of aryl methyl sites for hydroxylation is 1. The predicted molar refractivity (Wildman–Crippen MR) is 55.1 cm³/mol. The van der Waals surface area contributed by atoms with Crippen molar-refractivity contribution in [2.24, 2.45) is 5.92 Å². The van der Waals surface area contributed by atoms with E-state index in [9.17, 15) is 4.79 Å². The Balaban J connectivity index is 3.07. The first-order valence-electron chi connectivity index (χ1n) is 4.68. The van der Waals surface area contributed by atoms with Crippen molar-refractivity contribution in [1.82, 2.24) is 0 Å². The fraction of sp³-hybridized carbons (Fsp3) is 0.417. The summed E-state index contributed by atoms with van der Waals surface area (Å²) in [6, 6.07) is 5.88. The highest BCUT2D eigenvalue weighted by Gasteiger charge is 2.06. The molecule has 1 aromatic rings. The Kier molecular flexibility index (Phi) is 3.24. The smallest absolute Gasteiger partial charge is 0.150 e. The molecule has 1 nitrogen and oxygen atoms in total. The minimum absolute atomic E-state index is 0.597. The van der Waals surface area contributed by atoms with Crippen LogP contribution in [0.5, 0.6) is 0 Å². The van der Waals surface area contributed by atoms with Gasteiger partial charge >= 0.3 is 0 Å². The summed E-state index contributed by atoms with van der Waals surface area (Å²) in [5, 5.41) is 0. The van der Waals surface area contributed by atoms with Gasteiger partial charge in [0.25, 0.3) is 0 Å². The molecule has 0 bridgehead atoms. The molecule has 1 aromatic carbocycles. The lowest BCUT2D eigenvalue weighted by molar-refractivity contribution is 0.112. The average Bonchev–Trinajstić information content (AvgIpc) is 2.08. The van der Waals surface area contributed by atoms with E-state index < -0.39 is 0 Å². The zero-order chi connectivity index (χ0) is 9.84. The molecule has 0 heterocycles. The molecule has 0 aliphatic rings. The number of carbonyl (C=O) groups is 1. The van der Waals surface area contributed by atoms with Crippen LogP contribution in [0.3, 0.4) is 0 Å². The number of hydrogen-bond donors (Lipinski definition) is 0. The van der Waals surface area contributed by atoms with Crippen LogP contribution in [0, 0.1) is 12.8 Å². The van der Waals surface area contributed by atoms with Crippen molar-refractivity contribution in [2.75, 3.05) is 0 Å². The molecule has 0 spiro atoms. The average molecular weight is 176 g/mol. The van der Waals surface area contributed by atoms with Crippen LogP contribution in [0.1, 0.15) is 35.3 Å². The Labute approximate surface area is 79.8 Å². The van der Waals surface area contributed by atoms with Crippen molar-refractivity contribution < 1.29 is 4.79 Å². The van der Waals surface area contributed by atoms with Crippen LogP contribution in [0.15, 0.2) is 18.2 Å². The summed E-state index contributed by atoms with van der Waals surface area (Å²) in [5.74, 6) is 0.597. The van der Waals surface area contributed by atoms with E-state index in [0.717, 1.165) is 18.3 Å². The molecule has 0 saturated heterocycles. The summed E-state index contributed by atoms with van der Waals surface area (Å²) in [4.78, 5) is 10.8. The van der Waals surface area contributed by atoms with E-state index >= 15 is 0 Å². The highest BCUT2D eigenvalue weighted by atomic mass is 16.1. The van der Waals surface area contributed by atoms with Crippen LogP contribution in [0.25, 0.3) is 0 Å². The number of hydrogen-bond acceptors (Lipinski definition) is 1. The molecule has 0 unspecified atom stereocenters. The Morgan fingerprint density at radius 1 is 1.38 bits per heavy atom. The first-order chi connectivity index (χ1) is 6.15. The van der Waals surface area contributed by atoms with Crippen molar-refractivity contribution >= 4 is 6.29 Å². The van der Waals surface area contributed by atoms with Crippen molar-refractivity contribution in [3.63, 3.8) is 0 Å². The quantitative estimate of drug-likeness (QED) is 0.647. The maximum Gasteiger partial charge on any atom is 0.150 e. The molecule has 1 heteroatoms. The van der Waals surface area contributed by atoms with Gasteiger partial charge in [0.05, 0.1) is 0 Å². The normalized spacial score (nSPS) is 10.5. The van der Waals surface area contributed by atoms with Crippen molar-refractivity contribution in [3.05, 3.63) is 34.9 Å². The molecule has 70 valence electrons. The van der Waals surface area contributed by atoms with E-state index in [4.69, 9.17) is 0 Å². The third kappa shape index (κ3) is 2.41. The molecule has 0 amide bonds. The molecule has 0 aliphatic heterocycles. The first-order valence-corrected chi connectivity index (χ1v) is 4.68. The summed E-state index contributed by atoms with van der Waals surface area (Å²) in [5.41, 5.74) is 3.26. The van der Waals surface area contributed by atoms with Gasteiger partial charge in [-0.2, -0.15) is 0 Å². The molecular weight excluding hydrogens is 160 g/mol. The van der Waals surface area contributed by atoms with Gasteiger partial charge in [0.2, 0.25) is 0 Å². The van der Waals surface area contributed by atoms with Crippen LogP contribution in [-0.2, 0) is 6.42 Å². The highest BCUT2D eigenvalue weighted by molar-refractivity contribution is 5.77. The molecule has 0 N–H and O–H groups in total. The molecule has 0 radical (unpaired) electrons. The van der Waals surface area contributed by atoms with E-state index in [0.29, 0.717) is 5.92 Å². The van der Waals surface area contributed by atoms with Gasteiger partial charge in [-0.15, -0.1) is 0 Å². The molecule has 1 rings (SSSR count). The third-order valence-electron chi connectivity index (χ3n) is 2.19. The second kappa shape index (κ2) is 4.22. The van der Waals surface area contributed by atoms with Crippen LogP contribution >= 0.6 is 0 Å². The molecule has 13 heavy (non-hydrogen) atoms. The fourth-order valence-electron chi connectivity index (χ4n) is 1.52. The summed E-state index contributed by atoms with van der Waals surface area (Å²) < 4.78 is 0. The molecular formula is C12H16O. The van der Waals surface area contributed by atoms with Crippen molar-refractivity contribution in [2.45, 2.75) is 27.2 Å². The predicted octanol–water partition coefficient (Wildman–Crippen LogP) is 3.01. The van der Waals surface area contributed by atoms with Gasteiger partial charge in [0, 0.05) is 5.56 Å². The van der Waals surface area contributed by atoms with E-state index in [-0.39, 0.29) is 0 Å². The SMILES string of the molecule is Cc1cccc(C=O)c1CC(C)C. The number of rotatable bonds is 3. The van der Waals surface area contributed by atoms with Gasteiger partial charge in [-0.05, 0) is 30.4 Å². The van der Waals surface area contributed by atoms with E-state index in [1.165, 1.54) is 11.1 Å². The van der Waals surface area contributed by atoms with Gasteiger partial charge in [0.15, 0.2) is 0 Å². The number of aldehydes is 1. The van der Waals surface area contributed by atoms with Crippen LogP contribution in [-0.4, -0.2) is 6.29 Å². The molecule has 0 saturated carbocycles. The van der Waals surface area contributed by atoms with Crippen LogP contribution in [0.4, 0.5) is 0 Å². The minimum atomic E-state index is 0.597. The van der Waals surface area contributed by atoms with Crippen LogP contribution < -0.4 is 0 Å². The topological polar surface area (TPSA) is 17.1 Å². The van der Waals surface area contributed by atoms with Crippen molar-refractivity contribution in [3.8, 4) is 0 Å². The second-order valence-corrected chi connectivity index (χ2v) is 3.86. The second-order valence-electron chi connectivity index (χ2n) is 3.86. The van der Waals surface area contributed by atoms with Gasteiger partial charge in [-0.25, -0.2) is 0 Å². The standard InChI is InChI=1S/C12H16O/c1-9(2)7-12-10(3)5-4-6-11(12)8-13/h4-6,8-9H,7H2,1-3H3.